The second-order valence-corrected chi connectivity index (χ2v) is 17.7. The summed E-state index contributed by atoms with van der Waals surface area (Å²) in [4.78, 5) is 33.6. The van der Waals surface area contributed by atoms with Gasteiger partial charge < -0.3 is 25.2 Å². The van der Waals surface area contributed by atoms with Crippen LogP contribution in [0.5, 0.6) is 0 Å². The van der Waals surface area contributed by atoms with Crippen molar-refractivity contribution in [3.05, 3.63) is 12.2 Å². The molecule has 0 saturated heterocycles. The van der Waals surface area contributed by atoms with Crippen LogP contribution in [0.1, 0.15) is 232 Å². The first-order valence-corrected chi connectivity index (χ1v) is 25.2. The van der Waals surface area contributed by atoms with Gasteiger partial charge in [0.25, 0.3) is 0 Å². The zero-order valence-corrected chi connectivity index (χ0v) is 37.9. The third-order valence-electron chi connectivity index (χ3n) is 10.5. The van der Waals surface area contributed by atoms with Crippen LogP contribution < -0.4 is 5.73 Å². The largest absolute Gasteiger partial charge is 0.480 e. The van der Waals surface area contributed by atoms with Crippen molar-refractivity contribution in [2.45, 2.75) is 244 Å². The minimum absolute atomic E-state index is 0.0197. The van der Waals surface area contributed by atoms with E-state index in [0.29, 0.717) is 13.0 Å². The van der Waals surface area contributed by atoms with Crippen LogP contribution in [0.3, 0.4) is 0 Å². The zero-order valence-electron chi connectivity index (χ0n) is 37.0. The topological polar surface area (TPSA) is 155 Å². The predicted molar refractivity (Wildman–Crippen MR) is 236 cm³/mol. The maximum absolute atomic E-state index is 12.6. The van der Waals surface area contributed by atoms with Crippen LogP contribution in [0, 0.1) is 0 Å². The van der Waals surface area contributed by atoms with Crippen LogP contribution >= 0.6 is 7.82 Å². The lowest BCUT2D eigenvalue weighted by Gasteiger charge is -2.20. The van der Waals surface area contributed by atoms with Crippen molar-refractivity contribution in [1.82, 2.24) is 0 Å². The highest BCUT2D eigenvalue weighted by Gasteiger charge is 2.27. The Kier molecular flexibility index (Phi) is 41.9. The highest BCUT2D eigenvalue weighted by atomic mass is 31.2. The summed E-state index contributed by atoms with van der Waals surface area (Å²) < 4.78 is 33.4. The maximum Gasteiger partial charge on any atom is 0.472 e. The summed E-state index contributed by atoms with van der Waals surface area (Å²) in [5.41, 5.74) is 5.36. The van der Waals surface area contributed by atoms with Gasteiger partial charge in [-0.3, -0.25) is 18.6 Å². The fourth-order valence-electron chi connectivity index (χ4n) is 6.84. The van der Waals surface area contributed by atoms with E-state index in [1.165, 1.54) is 154 Å². The molecular formula is C46H90NO9P. The molecule has 0 saturated carbocycles. The van der Waals surface area contributed by atoms with E-state index in [2.05, 4.69) is 26.0 Å². The number of esters is 1. The van der Waals surface area contributed by atoms with Gasteiger partial charge in [0.05, 0.1) is 19.8 Å². The standard InChI is InChI=1S/C46H90NO9P/c1-3-5-7-9-11-13-15-17-19-20-21-22-23-25-27-29-31-33-35-37-39-53-40-43(41-54-57(51,52)55-42-44(47)46(49)50)56-45(48)38-36-34-32-30-28-26-24-18-16-14-12-10-8-6-4-2/h18,24,43-44H,3-17,19-23,25-42,47H2,1-2H3,(H,49,50)(H,51,52)/b24-18-. The molecule has 57 heavy (non-hydrogen) atoms. The maximum atomic E-state index is 12.6. The van der Waals surface area contributed by atoms with Crippen LogP contribution in [0.2, 0.25) is 0 Å². The van der Waals surface area contributed by atoms with Gasteiger partial charge in [-0.25, -0.2) is 4.57 Å². The Morgan fingerprint density at radius 3 is 1.33 bits per heavy atom. The lowest BCUT2D eigenvalue weighted by Crippen LogP contribution is -2.34. The molecule has 0 aliphatic rings. The fraction of sp³-hybridized carbons (Fsp3) is 0.913. The Labute approximate surface area is 350 Å². The summed E-state index contributed by atoms with van der Waals surface area (Å²) in [6.07, 6.45) is 45.5. The first-order chi connectivity index (χ1) is 27.7. The van der Waals surface area contributed by atoms with Gasteiger partial charge in [-0.15, -0.1) is 0 Å². The van der Waals surface area contributed by atoms with Gasteiger partial charge in [-0.1, -0.05) is 199 Å². The van der Waals surface area contributed by atoms with Gasteiger partial charge in [0, 0.05) is 13.0 Å². The molecule has 338 valence electrons. The normalized spacial score (nSPS) is 13.9. The molecule has 11 heteroatoms. The first kappa shape index (κ1) is 55.7. The van der Waals surface area contributed by atoms with E-state index in [1.54, 1.807) is 0 Å². The molecule has 0 bridgehead atoms. The molecule has 0 rings (SSSR count). The van der Waals surface area contributed by atoms with Crippen LogP contribution in [-0.4, -0.2) is 60.5 Å². The molecule has 0 aliphatic carbocycles. The van der Waals surface area contributed by atoms with Gasteiger partial charge in [0.1, 0.15) is 12.1 Å². The Morgan fingerprint density at radius 1 is 0.544 bits per heavy atom. The molecule has 0 heterocycles. The van der Waals surface area contributed by atoms with Gasteiger partial charge in [-0.2, -0.15) is 0 Å². The molecule has 0 aromatic heterocycles. The molecular weight excluding hydrogens is 741 g/mol. The Balaban J connectivity index is 4.14. The van der Waals surface area contributed by atoms with Crippen LogP contribution in [0.15, 0.2) is 12.2 Å². The van der Waals surface area contributed by atoms with Gasteiger partial charge in [0.15, 0.2) is 0 Å². The fourth-order valence-corrected chi connectivity index (χ4v) is 7.61. The number of allylic oxidation sites excluding steroid dienone is 2. The molecule has 0 aromatic carbocycles. The lowest BCUT2D eigenvalue weighted by atomic mass is 10.0. The molecule has 0 spiro atoms. The number of hydrogen-bond donors (Lipinski definition) is 3. The predicted octanol–water partition coefficient (Wildman–Crippen LogP) is 13.3. The molecule has 0 fully saturated rings. The first-order valence-electron chi connectivity index (χ1n) is 23.7. The number of unbranched alkanes of at least 4 members (excludes halogenated alkanes) is 30. The number of carboxylic acid groups (broad SMARTS) is 1. The number of hydrogen-bond acceptors (Lipinski definition) is 8. The molecule has 0 radical (unpaired) electrons. The summed E-state index contributed by atoms with van der Waals surface area (Å²) in [6, 6.07) is -1.47. The third-order valence-corrected chi connectivity index (χ3v) is 11.5. The third kappa shape index (κ3) is 42.6. The van der Waals surface area contributed by atoms with Crippen molar-refractivity contribution in [1.29, 1.82) is 0 Å². The van der Waals surface area contributed by atoms with E-state index in [-0.39, 0.29) is 13.0 Å². The average molecular weight is 832 g/mol. The highest BCUT2D eigenvalue weighted by molar-refractivity contribution is 7.47. The van der Waals surface area contributed by atoms with E-state index in [0.717, 1.165) is 51.4 Å². The Hall–Kier alpha value is -1.29. The molecule has 4 N–H and O–H groups in total. The molecule has 0 aliphatic heterocycles. The summed E-state index contributed by atoms with van der Waals surface area (Å²) in [6.45, 7) is 3.91. The van der Waals surface area contributed by atoms with Crippen LogP contribution in [0.4, 0.5) is 0 Å². The number of carbonyl (C=O) groups excluding carboxylic acids is 1. The number of aliphatic carboxylic acids is 1. The Morgan fingerprint density at radius 2 is 0.912 bits per heavy atom. The Bertz CT molecular complexity index is 966. The monoisotopic (exact) mass is 832 g/mol. The molecule has 3 atom stereocenters. The van der Waals surface area contributed by atoms with E-state index in [1.807, 2.05) is 0 Å². The average Bonchev–Trinajstić information content (AvgIpc) is 3.19. The molecule has 10 nitrogen and oxygen atoms in total. The second-order valence-electron chi connectivity index (χ2n) is 16.2. The van der Waals surface area contributed by atoms with Crippen molar-refractivity contribution in [2.75, 3.05) is 26.4 Å². The van der Waals surface area contributed by atoms with Crippen molar-refractivity contribution in [2.24, 2.45) is 5.73 Å². The number of phosphoric ester groups is 1. The van der Waals surface area contributed by atoms with Crippen LogP contribution in [0.25, 0.3) is 0 Å². The minimum Gasteiger partial charge on any atom is -0.480 e. The van der Waals surface area contributed by atoms with Gasteiger partial charge in [-0.05, 0) is 38.5 Å². The summed E-state index contributed by atoms with van der Waals surface area (Å²) in [5.74, 6) is -1.78. The molecule has 0 amide bonds. The number of carbonyl (C=O) groups is 2. The lowest BCUT2D eigenvalue weighted by molar-refractivity contribution is -0.154. The molecule has 0 aromatic rings. The van der Waals surface area contributed by atoms with Crippen molar-refractivity contribution >= 4 is 19.8 Å². The van der Waals surface area contributed by atoms with E-state index < -0.39 is 45.1 Å². The van der Waals surface area contributed by atoms with E-state index in [9.17, 15) is 19.0 Å². The second kappa shape index (κ2) is 42.8. The van der Waals surface area contributed by atoms with E-state index >= 15 is 0 Å². The van der Waals surface area contributed by atoms with Crippen molar-refractivity contribution in [3.8, 4) is 0 Å². The summed E-state index contributed by atoms with van der Waals surface area (Å²) in [5, 5.41) is 8.91. The quantitative estimate of drug-likeness (QED) is 0.0234. The number of carboxylic acids is 1. The smallest absolute Gasteiger partial charge is 0.472 e. The number of phosphoric acid groups is 1. The summed E-state index contributed by atoms with van der Waals surface area (Å²) >= 11 is 0. The zero-order chi connectivity index (χ0) is 41.9. The minimum atomic E-state index is -4.61. The van der Waals surface area contributed by atoms with Gasteiger partial charge in [0.2, 0.25) is 0 Å². The number of ether oxygens (including phenoxy) is 2. The SMILES string of the molecule is CCCCCCCC/C=C\CCCCCCCC(=O)OC(COCCCCCCCCCCCCCCCCCCCCCC)COP(=O)(O)OCC(N)C(=O)O. The van der Waals surface area contributed by atoms with Crippen molar-refractivity contribution < 1.29 is 42.7 Å². The van der Waals surface area contributed by atoms with Crippen molar-refractivity contribution in [3.63, 3.8) is 0 Å². The summed E-state index contributed by atoms with van der Waals surface area (Å²) in [7, 11) is -4.61. The van der Waals surface area contributed by atoms with Gasteiger partial charge >= 0.3 is 19.8 Å². The highest BCUT2D eigenvalue weighted by Crippen LogP contribution is 2.43. The van der Waals surface area contributed by atoms with Crippen LogP contribution in [-0.2, 0) is 32.7 Å². The number of rotatable bonds is 46. The number of nitrogens with two attached hydrogens (primary N) is 1. The van der Waals surface area contributed by atoms with E-state index in [4.69, 9.17) is 29.4 Å². The molecule has 3 unspecified atom stereocenters.